The van der Waals surface area contributed by atoms with E-state index in [0.717, 1.165) is 18.4 Å². The first-order valence-electron chi connectivity index (χ1n) is 11.0. The third-order valence-electron chi connectivity index (χ3n) is 5.49. The molecule has 1 aromatic carbocycles. The molecule has 1 aliphatic rings. The maximum atomic E-state index is 12.4. The van der Waals surface area contributed by atoms with Gasteiger partial charge in [0.15, 0.2) is 0 Å². The summed E-state index contributed by atoms with van der Waals surface area (Å²) < 4.78 is 0. The molecule has 1 amide bonds. The van der Waals surface area contributed by atoms with Crippen LogP contribution in [0.5, 0.6) is 0 Å². The Balaban J connectivity index is 1.87. The average Bonchev–Trinajstić information content (AvgIpc) is 2.70. The number of aliphatic hydroxyl groups excluding tert-OH is 1. The van der Waals surface area contributed by atoms with Crippen LogP contribution in [0.25, 0.3) is 0 Å². The molecule has 1 unspecified atom stereocenters. The number of allylic oxidation sites excluding steroid dienone is 1. The van der Waals surface area contributed by atoms with Crippen LogP contribution in [0.1, 0.15) is 69.4 Å². The lowest BCUT2D eigenvalue weighted by molar-refractivity contribution is -0.137. The molecule has 2 atom stereocenters. The fraction of sp³-hybridized carbons (Fsp3) is 0.520. The van der Waals surface area contributed by atoms with E-state index in [4.69, 9.17) is 5.11 Å². The van der Waals surface area contributed by atoms with Crippen LogP contribution in [0.3, 0.4) is 0 Å². The quantitative estimate of drug-likeness (QED) is 0.415. The summed E-state index contributed by atoms with van der Waals surface area (Å²) in [5.41, 5.74) is 2.38. The Bertz CT molecular complexity index is 736. The van der Waals surface area contributed by atoms with Crippen molar-refractivity contribution >= 4 is 11.9 Å². The lowest BCUT2D eigenvalue weighted by Gasteiger charge is -2.33. The summed E-state index contributed by atoms with van der Waals surface area (Å²) in [6.45, 7) is 4.85. The molecule has 0 radical (unpaired) electrons. The number of likely N-dealkylation sites (tertiary alicyclic amines) is 1. The van der Waals surface area contributed by atoms with Crippen LogP contribution < -0.4 is 0 Å². The Labute approximate surface area is 180 Å². The molecular formula is C25H35NO4. The zero-order valence-corrected chi connectivity index (χ0v) is 18.2. The van der Waals surface area contributed by atoms with Crippen molar-refractivity contribution in [3.05, 3.63) is 59.7 Å². The first-order valence-corrected chi connectivity index (χ1v) is 11.0. The number of carbonyl (C=O) groups is 2. The number of carboxylic acid groups (broad SMARTS) is 1. The van der Waals surface area contributed by atoms with Crippen LogP contribution >= 0.6 is 0 Å². The number of unbranched alkanes of at least 4 members (excludes halogenated alkanes) is 1. The predicted molar refractivity (Wildman–Crippen MR) is 119 cm³/mol. The van der Waals surface area contributed by atoms with Crippen LogP contribution in [0.2, 0.25) is 0 Å². The largest absolute Gasteiger partial charge is 0.481 e. The molecule has 5 heteroatoms. The second kappa shape index (κ2) is 12.3. The first-order chi connectivity index (χ1) is 14.4. The molecule has 0 aromatic heterocycles. The van der Waals surface area contributed by atoms with E-state index in [2.05, 4.69) is 38.1 Å². The summed E-state index contributed by atoms with van der Waals surface area (Å²) >= 11 is 0. The van der Waals surface area contributed by atoms with Crippen molar-refractivity contribution in [2.75, 3.05) is 6.54 Å². The standard InChI is InChI=1S/C25H35NO4/c1-19(2)21-13-11-20(12-14-21)18-23(27)16-15-22-8-7-9-24(28)26(22)17-6-4-3-5-10-25(29)30/h4,6,11-16,19,22-23,27H,3,5,7-10,17-18H2,1-2H3,(H,29,30)/t22-,23?/m1/s1. The molecule has 1 saturated heterocycles. The van der Waals surface area contributed by atoms with E-state index in [1.54, 1.807) is 0 Å². The Morgan fingerprint density at radius 2 is 1.97 bits per heavy atom. The lowest BCUT2D eigenvalue weighted by atomic mass is 9.98. The third kappa shape index (κ3) is 8.15. The summed E-state index contributed by atoms with van der Waals surface area (Å²) in [4.78, 5) is 24.7. The van der Waals surface area contributed by atoms with Gasteiger partial charge in [0.1, 0.15) is 0 Å². The van der Waals surface area contributed by atoms with Gasteiger partial charge in [-0.15, -0.1) is 0 Å². The van der Waals surface area contributed by atoms with Gasteiger partial charge < -0.3 is 15.1 Å². The van der Waals surface area contributed by atoms with E-state index in [0.29, 0.717) is 38.1 Å². The number of carboxylic acids is 1. The van der Waals surface area contributed by atoms with Crippen LogP contribution in [0, 0.1) is 0 Å². The SMILES string of the molecule is CC(C)c1ccc(CC(O)C=C[C@H]2CCCC(=O)N2CC=CCCCC(=O)O)cc1. The van der Waals surface area contributed by atoms with Gasteiger partial charge in [-0.1, -0.05) is 62.4 Å². The van der Waals surface area contributed by atoms with Crippen LogP contribution in [-0.4, -0.2) is 45.7 Å². The number of benzene rings is 1. The van der Waals surface area contributed by atoms with E-state index in [-0.39, 0.29) is 18.4 Å². The van der Waals surface area contributed by atoms with Gasteiger partial charge in [-0.05, 0) is 42.7 Å². The van der Waals surface area contributed by atoms with Gasteiger partial charge in [0.2, 0.25) is 5.91 Å². The summed E-state index contributed by atoms with van der Waals surface area (Å²) in [7, 11) is 0. The number of aliphatic carboxylic acids is 1. The Morgan fingerprint density at radius 3 is 2.63 bits per heavy atom. The van der Waals surface area contributed by atoms with Gasteiger partial charge in [0, 0.05) is 25.8 Å². The molecule has 2 rings (SSSR count). The van der Waals surface area contributed by atoms with E-state index in [9.17, 15) is 14.7 Å². The van der Waals surface area contributed by atoms with Gasteiger partial charge >= 0.3 is 5.97 Å². The van der Waals surface area contributed by atoms with Crippen molar-refractivity contribution in [3.63, 3.8) is 0 Å². The Morgan fingerprint density at radius 1 is 1.23 bits per heavy atom. The average molecular weight is 414 g/mol. The lowest BCUT2D eigenvalue weighted by Crippen LogP contribution is -2.42. The van der Waals surface area contributed by atoms with E-state index >= 15 is 0 Å². The molecule has 0 aliphatic carbocycles. The summed E-state index contributed by atoms with van der Waals surface area (Å²) in [5, 5.41) is 19.1. The summed E-state index contributed by atoms with van der Waals surface area (Å²) in [6, 6.07) is 8.35. The monoisotopic (exact) mass is 413 g/mol. The van der Waals surface area contributed by atoms with Gasteiger partial charge in [-0.2, -0.15) is 0 Å². The van der Waals surface area contributed by atoms with E-state index in [1.807, 2.05) is 29.2 Å². The van der Waals surface area contributed by atoms with Crippen molar-refractivity contribution in [1.29, 1.82) is 0 Å². The normalized spacial score (nSPS) is 18.6. The highest BCUT2D eigenvalue weighted by Crippen LogP contribution is 2.20. The topological polar surface area (TPSA) is 77.8 Å². The van der Waals surface area contributed by atoms with Crippen LogP contribution in [0.4, 0.5) is 0 Å². The second-order valence-corrected chi connectivity index (χ2v) is 8.32. The summed E-state index contributed by atoms with van der Waals surface area (Å²) in [6.07, 6.45) is 11.4. The van der Waals surface area contributed by atoms with E-state index in [1.165, 1.54) is 5.56 Å². The number of carbonyl (C=O) groups excluding carboxylic acids is 1. The van der Waals surface area contributed by atoms with Crippen LogP contribution in [-0.2, 0) is 16.0 Å². The highest BCUT2D eigenvalue weighted by Gasteiger charge is 2.25. The van der Waals surface area contributed by atoms with E-state index < -0.39 is 12.1 Å². The zero-order chi connectivity index (χ0) is 21.9. The second-order valence-electron chi connectivity index (χ2n) is 8.32. The Kier molecular flexibility index (Phi) is 9.81. The molecule has 0 saturated carbocycles. The molecule has 5 nitrogen and oxygen atoms in total. The minimum absolute atomic E-state index is 0.00659. The number of hydrogen-bond donors (Lipinski definition) is 2. The fourth-order valence-electron chi connectivity index (χ4n) is 3.67. The number of piperidine rings is 1. The van der Waals surface area contributed by atoms with Gasteiger partial charge in [-0.3, -0.25) is 9.59 Å². The predicted octanol–water partition coefficient (Wildman–Crippen LogP) is 4.46. The number of amides is 1. The molecule has 2 N–H and O–H groups in total. The molecular weight excluding hydrogens is 378 g/mol. The fourth-order valence-corrected chi connectivity index (χ4v) is 3.67. The third-order valence-corrected chi connectivity index (χ3v) is 5.49. The molecule has 30 heavy (non-hydrogen) atoms. The highest BCUT2D eigenvalue weighted by atomic mass is 16.4. The molecule has 1 aromatic rings. The molecule has 0 spiro atoms. The number of hydrogen-bond acceptors (Lipinski definition) is 3. The minimum Gasteiger partial charge on any atom is -0.481 e. The number of nitrogens with zero attached hydrogens (tertiary/aromatic N) is 1. The van der Waals surface area contributed by atoms with Crippen molar-refractivity contribution in [1.82, 2.24) is 4.90 Å². The maximum absolute atomic E-state index is 12.4. The molecule has 164 valence electrons. The van der Waals surface area contributed by atoms with Crippen molar-refractivity contribution in [2.45, 2.75) is 76.9 Å². The molecule has 1 fully saturated rings. The van der Waals surface area contributed by atoms with Crippen molar-refractivity contribution in [2.24, 2.45) is 0 Å². The first kappa shape index (κ1) is 23.9. The minimum atomic E-state index is -0.783. The Hall–Kier alpha value is -2.40. The number of aliphatic hydroxyl groups is 1. The summed E-state index contributed by atoms with van der Waals surface area (Å²) in [5.74, 6) is -0.163. The van der Waals surface area contributed by atoms with Crippen molar-refractivity contribution in [3.8, 4) is 0 Å². The molecule has 0 bridgehead atoms. The van der Waals surface area contributed by atoms with Crippen LogP contribution in [0.15, 0.2) is 48.6 Å². The van der Waals surface area contributed by atoms with Crippen molar-refractivity contribution < 1.29 is 19.8 Å². The van der Waals surface area contributed by atoms with Gasteiger partial charge in [0.25, 0.3) is 0 Å². The molecule has 1 heterocycles. The highest BCUT2D eigenvalue weighted by molar-refractivity contribution is 5.77. The zero-order valence-electron chi connectivity index (χ0n) is 18.2. The molecule has 1 aliphatic heterocycles. The van der Waals surface area contributed by atoms with Gasteiger partial charge in [-0.25, -0.2) is 0 Å². The smallest absolute Gasteiger partial charge is 0.303 e. The number of rotatable bonds is 11. The maximum Gasteiger partial charge on any atom is 0.303 e. The van der Waals surface area contributed by atoms with Gasteiger partial charge in [0.05, 0.1) is 12.1 Å².